The van der Waals surface area contributed by atoms with Crippen LogP contribution in [0.15, 0.2) is 21.1 Å². The molecule has 19 heavy (non-hydrogen) atoms. The largest absolute Gasteiger partial charge is 0.506 e. The van der Waals surface area contributed by atoms with Gasteiger partial charge in [-0.1, -0.05) is 6.92 Å². The van der Waals surface area contributed by atoms with Crippen LogP contribution < -0.4 is 0 Å². The molecule has 0 heterocycles. The van der Waals surface area contributed by atoms with Crippen LogP contribution in [0.1, 0.15) is 12.5 Å². The number of carbonyl (C=O) groups is 1. The Labute approximate surface area is 130 Å². The van der Waals surface area contributed by atoms with E-state index < -0.39 is 0 Å². The zero-order valence-electron chi connectivity index (χ0n) is 11.3. The molecular weight excluding hydrogens is 376 g/mol. The van der Waals surface area contributed by atoms with Crippen LogP contribution in [-0.4, -0.2) is 48.0 Å². The van der Waals surface area contributed by atoms with Gasteiger partial charge in [-0.3, -0.25) is 9.69 Å². The molecule has 0 aromatic heterocycles. The maximum atomic E-state index is 11.7. The van der Waals surface area contributed by atoms with E-state index in [9.17, 15) is 9.90 Å². The molecule has 0 aliphatic carbocycles. The second-order valence-corrected chi connectivity index (χ2v) is 6.21. The van der Waals surface area contributed by atoms with E-state index >= 15 is 0 Å². The van der Waals surface area contributed by atoms with Crippen LogP contribution in [0.5, 0.6) is 5.75 Å². The molecule has 1 amide bonds. The van der Waals surface area contributed by atoms with Gasteiger partial charge in [0.05, 0.1) is 15.5 Å². The molecule has 0 fully saturated rings. The minimum atomic E-state index is 0.0822. The number of phenolic OH excluding ortho intramolecular Hbond substituents is 1. The fraction of sp³-hybridized carbons (Fsp3) is 0.462. The lowest BCUT2D eigenvalue weighted by atomic mass is 10.2. The monoisotopic (exact) mass is 392 g/mol. The van der Waals surface area contributed by atoms with E-state index in [1.54, 1.807) is 19.0 Å². The van der Waals surface area contributed by atoms with Gasteiger partial charge in [-0.2, -0.15) is 0 Å². The van der Waals surface area contributed by atoms with Gasteiger partial charge in [-0.05, 0) is 56.1 Å². The van der Waals surface area contributed by atoms with E-state index in [-0.39, 0.29) is 11.7 Å². The average Bonchev–Trinajstić information content (AvgIpc) is 2.34. The Morgan fingerprint density at radius 1 is 1.26 bits per heavy atom. The lowest BCUT2D eigenvalue weighted by molar-refractivity contribution is -0.130. The van der Waals surface area contributed by atoms with E-state index in [0.717, 1.165) is 12.1 Å². The summed E-state index contributed by atoms with van der Waals surface area (Å²) in [4.78, 5) is 15.4. The van der Waals surface area contributed by atoms with E-state index in [4.69, 9.17) is 0 Å². The van der Waals surface area contributed by atoms with E-state index in [2.05, 4.69) is 31.9 Å². The van der Waals surface area contributed by atoms with Crippen molar-refractivity contribution in [1.29, 1.82) is 0 Å². The van der Waals surface area contributed by atoms with E-state index in [1.165, 1.54) is 0 Å². The molecule has 0 bridgehead atoms. The van der Waals surface area contributed by atoms with Crippen molar-refractivity contribution in [3.8, 4) is 5.75 Å². The van der Waals surface area contributed by atoms with Crippen LogP contribution in [0.4, 0.5) is 0 Å². The first kappa shape index (κ1) is 16.5. The van der Waals surface area contributed by atoms with Crippen LogP contribution in [0, 0.1) is 0 Å². The molecule has 0 aliphatic rings. The fourth-order valence-electron chi connectivity index (χ4n) is 1.58. The lowest BCUT2D eigenvalue weighted by Gasteiger charge is -2.22. The predicted molar refractivity (Wildman–Crippen MR) is 83.2 cm³/mol. The Hall–Kier alpha value is -0.590. The minimum absolute atomic E-state index is 0.0822. The Morgan fingerprint density at radius 2 is 1.79 bits per heavy atom. The van der Waals surface area contributed by atoms with Gasteiger partial charge in [0.15, 0.2) is 0 Å². The number of amides is 1. The van der Waals surface area contributed by atoms with Crippen molar-refractivity contribution in [3.63, 3.8) is 0 Å². The molecule has 0 saturated carbocycles. The third-order valence-corrected chi connectivity index (χ3v) is 4.00. The third-order valence-electron chi connectivity index (χ3n) is 2.79. The van der Waals surface area contributed by atoms with Crippen LogP contribution in [0.25, 0.3) is 0 Å². The van der Waals surface area contributed by atoms with Gasteiger partial charge in [-0.25, -0.2) is 0 Å². The van der Waals surface area contributed by atoms with Crippen molar-refractivity contribution in [2.75, 3.05) is 27.2 Å². The Kier molecular flexibility index (Phi) is 6.29. The van der Waals surface area contributed by atoms with Gasteiger partial charge in [0.2, 0.25) is 5.91 Å². The fourth-order valence-corrected chi connectivity index (χ4v) is 2.86. The zero-order chi connectivity index (χ0) is 14.6. The van der Waals surface area contributed by atoms with Gasteiger partial charge >= 0.3 is 0 Å². The highest BCUT2D eigenvalue weighted by Crippen LogP contribution is 2.33. The standard InChI is InChI=1S/C13H18Br2N2O2/c1-4-17(8-12(18)16(2)3)7-9-5-10(14)13(19)11(15)6-9/h5-6,19H,4,7-8H2,1-3H3. The summed E-state index contributed by atoms with van der Waals surface area (Å²) in [6, 6.07) is 3.73. The molecule has 6 heteroatoms. The van der Waals surface area contributed by atoms with Crippen LogP contribution in [0.2, 0.25) is 0 Å². The molecule has 0 atom stereocenters. The summed E-state index contributed by atoms with van der Waals surface area (Å²) in [6.07, 6.45) is 0. The van der Waals surface area contributed by atoms with E-state index in [1.807, 2.05) is 24.0 Å². The summed E-state index contributed by atoms with van der Waals surface area (Å²) < 4.78 is 1.29. The molecule has 0 radical (unpaired) electrons. The predicted octanol–water partition coefficient (Wildman–Crippen LogP) is 2.83. The molecule has 0 saturated heterocycles. The normalized spacial score (nSPS) is 10.8. The van der Waals surface area contributed by atoms with E-state index in [0.29, 0.717) is 22.0 Å². The first-order valence-electron chi connectivity index (χ1n) is 5.94. The van der Waals surface area contributed by atoms with Crippen molar-refractivity contribution < 1.29 is 9.90 Å². The third kappa shape index (κ3) is 4.78. The molecule has 1 aromatic carbocycles. The lowest BCUT2D eigenvalue weighted by Crippen LogP contribution is -2.36. The van der Waals surface area contributed by atoms with Crippen LogP contribution >= 0.6 is 31.9 Å². The number of halogens is 2. The van der Waals surface area contributed by atoms with Crippen molar-refractivity contribution in [2.45, 2.75) is 13.5 Å². The number of rotatable bonds is 5. The number of hydrogen-bond donors (Lipinski definition) is 1. The second-order valence-electron chi connectivity index (χ2n) is 4.50. The first-order valence-corrected chi connectivity index (χ1v) is 7.53. The minimum Gasteiger partial charge on any atom is -0.506 e. The van der Waals surface area contributed by atoms with Gasteiger partial charge in [-0.15, -0.1) is 0 Å². The van der Waals surface area contributed by atoms with Crippen LogP contribution in [0.3, 0.4) is 0 Å². The van der Waals surface area contributed by atoms with Crippen molar-refractivity contribution in [1.82, 2.24) is 9.80 Å². The molecule has 1 N–H and O–H groups in total. The zero-order valence-corrected chi connectivity index (χ0v) is 14.5. The number of nitrogens with zero attached hydrogens (tertiary/aromatic N) is 2. The number of aromatic hydroxyl groups is 1. The molecule has 106 valence electrons. The molecule has 1 rings (SSSR count). The number of carbonyl (C=O) groups excluding carboxylic acids is 1. The van der Waals surface area contributed by atoms with Crippen molar-refractivity contribution in [2.24, 2.45) is 0 Å². The second kappa shape index (κ2) is 7.26. The van der Waals surface area contributed by atoms with Gasteiger partial charge < -0.3 is 10.0 Å². The topological polar surface area (TPSA) is 43.8 Å². The highest BCUT2D eigenvalue weighted by Gasteiger charge is 2.13. The molecular formula is C13H18Br2N2O2. The molecule has 1 aromatic rings. The first-order chi connectivity index (χ1) is 8.85. The quantitative estimate of drug-likeness (QED) is 0.836. The number of hydrogen-bond acceptors (Lipinski definition) is 3. The number of likely N-dealkylation sites (N-methyl/N-ethyl adjacent to an activating group) is 2. The molecule has 4 nitrogen and oxygen atoms in total. The highest BCUT2D eigenvalue weighted by atomic mass is 79.9. The summed E-state index contributed by atoms with van der Waals surface area (Å²) in [6.45, 7) is 3.86. The summed E-state index contributed by atoms with van der Waals surface area (Å²) in [5.41, 5.74) is 1.03. The average molecular weight is 394 g/mol. The SMILES string of the molecule is CCN(CC(=O)N(C)C)Cc1cc(Br)c(O)c(Br)c1. The Morgan fingerprint density at radius 3 is 2.21 bits per heavy atom. The summed E-state index contributed by atoms with van der Waals surface area (Å²) in [5, 5.41) is 9.67. The van der Waals surface area contributed by atoms with Gasteiger partial charge in [0.25, 0.3) is 0 Å². The summed E-state index contributed by atoms with van der Waals surface area (Å²) in [5.74, 6) is 0.273. The maximum Gasteiger partial charge on any atom is 0.236 e. The van der Waals surface area contributed by atoms with Gasteiger partial charge in [0.1, 0.15) is 5.75 Å². The Balaban J connectivity index is 2.79. The van der Waals surface area contributed by atoms with Crippen molar-refractivity contribution in [3.05, 3.63) is 26.6 Å². The Bertz CT molecular complexity index is 441. The molecule has 0 unspecified atom stereocenters. The highest BCUT2D eigenvalue weighted by molar-refractivity contribution is 9.11. The number of phenols is 1. The summed E-state index contributed by atoms with van der Waals surface area (Å²) >= 11 is 6.62. The number of benzene rings is 1. The van der Waals surface area contributed by atoms with Crippen molar-refractivity contribution >= 4 is 37.8 Å². The molecule has 0 spiro atoms. The van der Waals surface area contributed by atoms with Gasteiger partial charge in [0, 0.05) is 20.6 Å². The molecule has 0 aliphatic heterocycles. The smallest absolute Gasteiger partial charge is 0.236 e. The van der Waals surface area contributed by atoms with Crippen LogP contribution in [-0.2, 0) is 11.3 Å². The summed E-state index contributed by atoms with van der Waals surface area (Å²) in [7, 11) is 3.51. The maximum absolute atomic E-state index is 11.7.